The van der Waals surface area contributed by atoms with Crippen LogP contribution in [0, 0.1) is 0 Å². The Morgan fingerprint density at radius 2 is 2.64 bits per heavy atom. The van der Waals surface area contributed by atoms with Gasteiger partial charge >= 0.3 is 5.97 Å². The molecule has 3 nitrogen and oxygen atoms in total. The van der Waals surface area contributed by atoms with Crippen LogP contribution in [0.15, 0.2) is 0 Å². The first-order valence-corrected chi connectivity index (χ1v) is 4.71. The van der Waals surface area contributed by atoms with E-state index in [1.807, 2.05) is 0 Å². The van der Waals surface area contributed by atoms with Gasteiger partial charge < -0.3 is 10.1 Å². The normalized spacial score (nSPS) is 41.0. The van der Waals surface area contributed by atoms with Crippen molar-refractivity contribution in [3.05, 3.63) is 0 Å². The quantitative estimate of drug-likeness (QED) is 0.567. The van der Waals surface area contributed by atoms with Crippen LogP contribution < -0.4 is 5.32 Å². The molecule has 0 amide bonds. The monoisotopic (exact) mass is 173 g/mol. The fourth-order valence-electron chi connectivity index (χ4n) is 1.74. The number of methoxy groups -OCH3 is 1. The summed E-state index contributed by atoms with van der Waals surface area (Å²) in [5.41, 5.74) is 0. The van der Waals surface area contributed by atoms with Gasteiger partial charge in [-0.05, 0) is 6.42 Å². The molecule has 2 atom stereocenters. The van der Waals surface area contributed by atoms with Crippen molar-refractivity contribution in [3.63, 3.8) is 0 Å². The molecule has 2 heterocycles. The zero-order valence-electron chi connectivity index (χ0n) is 6.42. The van der Waals surface area contributed by atoms with E-state index >= 15 is 0 Å². The molecule has 0 aliphatic carbocycles. The first-order chi connectivity index (χ1) is 5.27. The Kier molecular flexibility index (Phi) is 1.61. The van der Waals surface area contributed by atoms with E-state index in [0.29, 0.717) is 6.04 Å². The number of carbonyl (C=O) groups is 1. The van der Waals surface area contributed by atoms with Gasteiger partial charge in [-0.1, -0.05) is 0 Å². The van der Waals surface area contributed by atoms with Gasteiger partial charge in [0.15, 0.2) is 0 Å². The highest BCUT2D eigenvalue weighted by Gasteiger charge is 2.51. The number of carbonyl (C=O) groups excluding carboxylic acids is 1. The van der Waals surface area contributed by atoms with Crippen LogP contribution in [0.5, 0.6) is 0 Å². The topological polar surface area (TPSA) is 38.3 Å². The number of fused-ring (bicyclic) bond motifs is 2. The molecule has 0 saturated carbocycles. The Morgan fingerprint density at radius 1 is 1.82 bits per heavy atom. The van der Waals surface area contributed by atoms with Gasteiger partial charge in [0.1, 0.15) is 4.75 Å². The summed E-state index contributed by atoms with van der Waals surface area (Å²) in [4.78, 5) is 11.3. The van der Waals surface area contributed by atoms with E-state index in [1.165, 1.54) is 7.11 Å². The van der Waals surface area contributed by atoms with Crippen molar-refractivity contribution in [2.24, 2.45) is 0 Å². The highest BCUT2D eigenvalue weighted by molar-refractivity contribution is 8.01. The summed E-state index contributed by atoms with van der Waals surface area (Å²) < 4.78 is 4.52. The van der Waals surface area contributed by atoms with Gasteiger partial charge in [0.25, 0.3) is 0 Å². The van der Waals surface area contributed by atoms with Crippen LogP contribution >= 0.6 is 11.8 Å². The third-order valence-corrected chi connectivity index (χ3v) is 3.97. The van der Waals surface area contributed by atoms with E-state index < -0.39 is 0 Å². The smallest absolute Gasteiger partial charge is 0.323 e. The van der Waals surface area contributed by atoms with Crippen molar-refractivity contribution in [2.75, 3.05) is 19.4 Å². The number of nitrogens with one attached hydrogen (secondary N) is 1. The van der Waals surface area contributed by atoms with E-state index in [1.54, 1.807) is 11.8 Å². The van der Waals surface area contributed by atoms with E-state index in [0.717, 1.165) is 18.7 Å². The number of rotatable bonds is 1. The molecular formula is C7H11NO2S. The molecule has 4 heteroatoms. The van der Waals surface area contributed by atoms with E-state index in [2.05, 4.69) is 5.32 Å². The molecule has 11 heavy (non-hydrogen) atoms. The van der Waals surface area contributed by atoms with Crippen molar-refractivity contribution in [1.29, 1.82) is 0 Å². The van der Waals surface area contributed by atoms with Gasteiger partial charge in [-0.15, -0.1) is 11.8 Å². The molecule has 0 spiro atoms. The lowest BCUT2D eigenvalue weighted by atomic mass is 10.1. The molecule has 0 aromatic heterocycles. The third kappa shape index (κ3) is 0.964. The summed E-state index contributed by atoms with van der Waals surface area (Å²) in [7, 11) is 1.46. The van der Waals surface area contributed by atoms with Crippen LogP contribution in [-0.4, -0.2) is 36.2 Å². The lowest BCUT2D eigenvalue weighted by molar-refractivity contribution is -0.142. The highest BCUT2D eigenvalue weighted by atomic mass is 32.2. The van der Waals surface area contributed by atoms with Crippen LogP contribution in [0.3, 0.4) is 0 Å². The predicted molar refractivity (Wildman–Crippen MR) is 43.6 cm³/mol. The van der Waals surface area contributed by atoms with Crippen molar-refractivity contribution in [1.82, 2.24) is 5.32 Å². The van der Waals surface area contributed by atoms with Crippen LogP contribution in [0.1, 0.15) is 6.42 Å². The zero-order valence-corrected chi connectivity index (χ0v) is 7.24. The maximum absolute atomic E-state index is 11.3. The van der Waals surface area contributed by atoms with Crippen LogP contribution in [0.2, 0.25) is 0 Å². The number of ether oxygens (including phenoxy) is 1. The minimum absolute atomic E-state index is 0.0602. The summed E-state index contributed by atoms with van der Waals surface area (Å²) in [6, 6.07) is 0.541. The minimum atomic E-state index is -0.237. The number of thioether (sulfide) groups is 1. The maximum Gasteiger partial charge on any atom is 0.323 e. The maximum atomic E-state index is 11.3. The second-order valence-electron chi connectivity index (χ2n) is 3.08. The van der Waals surface area contributed by atoms with Crippen molar-refractivity contribution < 1.29 is 9.53 Å². The molecule has 2 aliphatic heterocycles. The molecule has 1 N–H and O–H groups in total. The molecule has 2 saturated heterocycles. The van der Waals surface area contributed by atoms with Crippen LogP contribution in [0.25, 0.3) is 0 Å². The first kappa shape index (κ1) is 7.43. The minimum Gasteiger partial charge on any atom is -0.468 e. The summed E-state index contributed by atoms with van der Waals surface area (Å²) in [5, 5.41) is 3.29. The number of hydrogen-bond acceptors (Lipinski definition) is 4. The van der Waals surface area contributed by atoms with Gasteiger partial charge in [-0.25, -0.2) is 0 Å². The molecule has 2 bridgehead atoms. The Bertz CT molecular complexity index is 187. The van der Waals surface area contributed by atoms with Crippen LogP contribution in [0.4, 0.5) is 0 Å². The SMILES string of the molecule is COC(=O)C12CNC(CS1)C2. The molecule has 2 unspecified atom stereocenters. The molecule has 62 valence electrons. The second-order valence-corrected chi connectivity index (χ2v) is 4.48. The molecule has 2 rings (SSSR count). The van der Waals surface area contributed by atoms with Gasteiger partial charge in [0.05, 0.1) is 7.11 Å². The second kappa shape index (κ2) is 2.38. The number of esters is 1. The largest absolute Gasteiger partial charge is 0.468 e. The molecule has 2 fully saturated rings. The summed E-state index contributed by atoms with van der Waals surface area (Å²) in [5.74, 6) is 0.991. The molecule has 0 aromatic rings. The summed E-state index contributed by atoms with van der Waals surface area (Å²) in [6.45, 7) is 0.787. The standard InChI is InChI=1S/C7H11NO2S/c1-10-6(9)7-2-5(3-11-7)8-4-7/h5,8H,2-4H2,1H3. The summed E-state index contributed by atoms with van der Waals surface area (Å²) >= 11 is 1.74. The Labute approximate surface area is 69.9 Å². The Balaban J connectivity index is 2.16. The highest BCUT2D eigenvalue weighted by Crippen LogP contribution is 2.43. The number of hydrogen-bond donors (Lipinski definition) is 1. The van der Waals surface area contributed by atoms with Gasteiger partial charge in [-0.3, -0.25) is 4.79 Å². The van der Waals surface area contributed by atoms with E-state index in [4.69, 9.17) is 4.74 Å². The average Bonchev–Trinajstić information content (AvgIpc) is 2.62. The van der Waals surface area contributed by atoms with Gasteiger partial charge in [0, 0.05) is 18.3 Å². The first-order valence-electron chi connectivity index (χ1n) is 3.73. The molecular weight excluding hydrogens is 162 g/mol. The Hall–Kier alpha value is -0.220. The van der Waals surface area contributed by atoms with Crippen LogP contribution in [-0.2, 0) is 9.53 Å². The molecule has 0 radical (unpaired) electrons. The van der Waals surface area contributed by atoms with Crippen molar-refractivity contribution in [3.8, 4) is 0 Å². The van der Waals surface area contributed by atoms with E-state index in [-0.39, 0.29) is 10.7 Å². The van der Waals surface area contributed by atoms with E-state index in [9.17, 15) is 4.79 Å². The van der Waals surface area contributed by atoms with Crippen molar-refractivity contribution in [2.45, 2.75) is 17.2 Å². The van der Waals surface area contributed by atoms with Gasteiger partial charge in [0.2, 0.25) is 0 Å². The lowest BCUT2D eigenvalue weighted by Gasteiger charge is -2.21. The fourth-order valence-corrected chi connectivity index (χ4v) is 3.20. The molecule has 0 aromatic carbocycles. The summed E-state index contributed by atoms with van der Waals surface area (Å²) in [6.07, 6.45) is 0.949. The lowest BCUT2D eigenvalue weighted by Crippen LogP contribution is -2.40. The zero-order chi connectivity index (χ0) is 7.90. The Morgan fingerprint density at radius 3 is 3.00 bits per heavy atom. The average molecular weight is 173 g/mol. The van der Waals surface area contributed by atoms with Gasteiger partial charge in [-0.2, -0.15) is 0 Å². The predicted octanol–water partition coefficient (Wildman–Crippen LogP) is 0.00690. The third-order valence-electron chi connectivity index (χ3n) is 2.37. The fraction of sp³-hybridized carbons (Fsp3) is 0.857. The van der Waals surface area contributed by atoms with Crippen molar-refractivity contribution >= 4 is 17.7 Å². The molecule has 2 aliphatic rings.